The van der Waals surface area contributed by atoms with Crippen molar-refractivity contribution >= 4 is 35.6 Å². The van der Waals surface area contributed by atoms with Gasteiger partial charge in [0.2, 0.25) is 0 Å². The molecule has 166 valence electrons. The van der Waals surface area contributed by atoms with Gasteiger partial charge >= 0.3 is 0 Å². The highest BCUT2D eigenvalue weighted by Gasteiger charge is 2.24. The largest absolute Gasteiger partial charge is 0.495 e. The second-order valence-electron chi connectivity index (χ2n) is 7.68. The van der Waals surface area contributed by atoms with E-state index in [1.54, 1.807) is 7.11 Å². The van der Waals surface area contributed by atoms with E-state index >= 15 is 0 Å². The van der Waals surface area contributed by atoms with Crippen molar-refractivity contribution in [1.82, 2.24) is 10.6 Å². The van der Waals surface area contributed by atoms with Crippen LogP contribution < -0.4 is 20.3 Å². The minimum Gasteiger partial charge on any atom is -0.495 e. The average molecular weight is 518 g/mol. The molecule has 1 aromatic rings. The minimum atomic E-state index is 0. The molecule has 0 aromatic heterocycles. The Kier molecular flexibility index (Phi) is 12.4. The first kappa shape index (κ1) is 25.8. The van der Waals surface area contributed by atoms with Crippen molar-refractivity contribution in [1.29, 1.82) is 0 Å². The second-order valence-corrected chi connectivity index (χ2v) is 7.68. The summed E-state index contributed by atoms with van der Waals surface area (Å²) in [5, 5.41) is 6.91. The zero-order chi connectivity index (χ0) is 20.4. The maximum Gasteiger partial charge on any atom is 0.190 e. The van der Waals surface area contributed by atoms with Gasteiger partial charge in [0.15, 0.2) is 5.96 Å². The van der Waals surface area contributed by atoms with Crippen LogP contribution in [-0.2, 0) is 4.74 Å². The first-order valence-electron chi connectivity index (χ1n) is 10.5. The molecular formula is C22H39IN4O2. The Balaban J connectivity index is 0.00000420. The van der Waals surface area contributed by atoms with E-state index in [-0.39, 0.29) is 24.0 Å². The van der Waals surface area contributed by atoms with E-state index in [0.717, 1.165) is 50.9 Å². The van der Waals surface area contributed by atoms with Crippen molar-refractivity contribution in [3.63, 3.8) is 0 Å². The second kappa shape index (κ2) is 13.9. The average Bonchev–Trinajstić information content (AvgIpc) is 3.18. The van der Waals surface area contributed by atoms with E-state index in [2.05, 4.69) is 53.4 Å². The molecule has 1 heterocycles. The lowest BCUT2D eigenvalue weighted by Gasteiger charge is -2.22. The van der Waals surface area contributed by atoms with Crippen LogP contribution in [0.15, 0.2) is 29.3 Å². The molecule has 2 atom stereocenters. The van der Waals surface area contributed by atoms with Gasteiger partial charge in [-0.05, 0) is 43.7 Å². The standard InChI is InChI=1S/C22H38N4O2.HI/c1-6-28-20(17(2)3)11-13-24-22(23-4)25-15-18-12-14-26(16-18)19-9-7-8-10-21(19)27-5;/h7-10,17-18,20H,6,11-16H2,1-5H3,(H2,23,24,25);1H. The molecule has 0 aliphatic carbocycles. The van der Waals surface area contributed by atoms with Crippen molar-refractivity contribution in [2.24, 2.45) is 16.8 Å². The molecule has 7 heteroatoms. The van der Waals surface area contributed by atoms with Crippen LogP contribution >= 0.6 is 24.0 Å². The number of guanidine groups is 1. The third-order valence-electron chi connectivity index (χ3n) is 5.34. The molecule has 0 radical (unpaired) electrons. The Morgan fingerprint density at radius 2 is 2.03 bits per heavy atom. The summed E-state index contributed by atoms with van der Waals surface area (Å²) in [5.74, 6) is 2.93. The van der Waals surface area contributed by atoms with Gasteiger partial charge in [-0.1, -0.05) is 26.0 Å². The highest BCUT2D eigenvalue weighted by molar-refractivity contribution is 14.0. The van der Waals surface area contributed by atoms with Gasteiger partial charge in [-0.25, -0.2) is 0 Å². The molecular weight excluding hydrogens is 479 g/mol. The summed E-state index contributed by atoms with van der Waals surface area (Å²) in [6, 6.07) is 8.25. The van der Waals surface area contributed by atoms with Crippen molar-refractivity contribution in [3.05, 3.63) is 24.3 Å². The molecule has 0 bridgehead atoms. The number of hydrogen-bond donors (Lipinski definition) is 2. The summed E-state index contributed by atoms with van der Waals surface area (Å²) < 4.78 is 11.3. The summed E-state index contributed by atoms with van der Waals surface area (Å²) in [6.07, 6.45) is 2.44. The molecule has 0 spiro atoms. The molecule has 1 aliphatic rings. The number of para-hydroxylation sites is 2. The number of benzene rings is 1. The van der Waals surface area contributed by atoms with Crippen LogP contribution in [0.5, 0.6) is 5.75 Å². The van der Waals surface area contributed by atoms with E-state index in [4.69, 9.17) is 9.47 Å². The highest BCUT2D eigenvalue weighted by Crippen LogP contribution is 2.31. The number of anilines is 1. The minimum absolute atomic E-state index is 0. The molecule has 2 N–H and O–H groups in total. The fourth-order valence-corrected chi connectivity index (χ4v) is 3.73. The number of ether oxygens (including phenoxy) is 2. The predicted octanol–water partition coefficient (Wildman–Crippen LogP) is 3.76. The fourth-order valence-electron chi connectivity index (χ4n) is 3.73. The van der Waals surface area contributed by atoms with Gasteiger partial charge in [0, 0.05) is 39.8 Å². The van der Waals surface area contributed by atoms with Gasteiger partial charge in [0.1, 0.15) is 5.75 Å². The first-order valence-corrected chi connectivity index (χ1v) is 10.5. The smallest absolute Gasteiger partial charge is 0.190 e. The highest BCUT2D eigenvalue weighted by atomic mass is 127. The van der Waals surface area contributed by atoms with Crippen LogP contribution in [0, 0.1) is 11.8 Å². The van der Waals surface area contributed by atoms with Crippen molar-refractivity contribution < 1.29 is 9.47 Å². The van der Waals surface area contributed by atoms with Crippen molar-refractivity contribution in [3.8, 4) is 5.75 Å². The topological polar surface area (TPSA) is 58.1 Å². The number of hydrogen-bond acceptors (Lipinski definition) is 4. The predicted molar refractivity (Wildman–Crippen MR) is 133 cm³/mol. The normalized spacial score (nSPS) is 17.8. The lowest BCUT2D eigenvalue weighted by molar-refractivity contribution is 0.0258. The number of methoxy groups -OCH3 is 1. The number of nitrogens with one attached hydrogen (secondary N) is 2. The van der Waals surface area contributed by atoms with E-state index < -0.39 is 0 Å². The third-order valence-corrected chi connectivity index (χ3v) is 5.34. The summed E-state index contributed by atoms with van der Waals surface area (Å²) >= 11 is 0. The Morgan fingerprint density at radius 1 is 1.28 bits per heavy atom. The molecule has 0 saturated carbocycles. The molecule has 29 heavy (non-hydrogen) atoms. The quantitative estimate of drug-likeness (QED) is 0.281. The SMILES string of the molecule is CCOC(CCNC(=NC)NCC1CCN(c2ccccc2OC)C1)C(C)C.I. The maximum atomic E-state index is 5.82. The number of nitrogens with zero attached hydrogens (tertiary/aromatic N) is 2. The molecule has 2 unspecified atom stereocenters. The van der Waals surface area contributed by atoms with E-state index in [0.29, 0.717) is 17.9 Å². The Labute approximate surface area is 193 Å². The van der Waals surface area contributed by atoms with Crippen molar-refractivity contribution in [2.75, 3.05) is 51.8 Å². The first-order chi connectivity index (χ1) is 13.6. The monoisotopic (exact) mass is 518 g/mol. The van der Waals surface area contributed by atoms with Gasteiger partial charge in [-0.15, -0.1) is 24.0 Å². The van der Waals surface area contributed by atoms with Crippen LogP contribution in [0.4, 0.5) is 5.69 Å². The molecule has 1 fully saturated rings. The molecule has 0 amide bonds. The van der Waals surface area contributed by atoms with Crippen LogP contribution in [0.2, 0.25) is 0 Å². The summed E-state index contributed by atoms with van der Waals surface area (Å²) in [7, 11) is 3.56. The molecule has 6 nitrogen and oxygen atoms in total. The third kappa shape index (κ3) is 8.20. The van der Waals surface area contributed by atoms with Crippen molar-refractivity contribution in [2.45, 2.75) is 39.7 Å². The van der Waals surface area contributed by atoms with Crippen LogP contribution in [0.3, 0.4) is 0 Å². The van der Waals surface area contributed by atoms with Gasteiger partial charge in [0.25, 0.3) is 0 Å². The molecule has 2 rings (SSSR count). The number of halogens is 1. The molecule has 1 aliphatic heterocycles. The van der Waals surface area contributed by atoms with Gasteiger partial charge in [-0.3, -0.25) is 4.99 Å². The van der Waals surface area contributed by atoms with Gasteiger partial charge in [0.05, 0.1) is 18.9 Å². The van der Waals surface area contributed by atoms with E-state index in [9.17, 15) is 0 Å². The Morgan fingerprint density at radius 3 is 2.69 bits per heavy atom. The van der Waals surface area contributed by atoms with Gasteiger partial charge < -0.3 is 25.0 Å². The fraction of sp³-hybridized carbons (Fsp3) is 0.682. The zero-order valence-corrected chi connectivity index (χ0v) is 20.9. The lowest BCUT2D eigenvalue weighted by Crippen LogP contribution is -2.41. The summed E-state index contributed by atoms with van der Waals surface area (Å²) in [4.78, 5) is 6.77. The molecule has 1 aromatic carbocycles. The van der Waals surface area contributed by atoms with Crippen LogP contribution in [-0.4, -0.2) is 59.0 Å². The van der Waals surface area contributed by atoms with Crippen LogP contribution in [0.25, 0.3) is 0 Å². The molecule has 1 saturated heterocycles. The van der Waals surface area contributed by atoms with Crippen LogP contribution in [0.1, 0.15) is 33.6 Å². The Hall–Kier alpha value is -1.22. The zero-order valence-electron chi connectivity index (χ0n) is 18.6. The maximum absolute atomic E-state index is 5.82. The number of aliphatic imine (C=N–C) groups is 1. The van der Waals surface area contributed by atoms with Gasteiger partial charge in [-0.2, -0.15) is 0 Å². The number of rotatable bonds is 10. The summed E-state index contributed by atoms with van der Waals surface area (Å²) in [6.45, 7) is 11.1. The van der Waals surface area contributed by atoms with E-state index in [1.807, 2.05) is 19.2 Å². The summed E-state index contributed by atoms with van der Waals surface area (Å²) in [5.41, 5.74) is 1.19. The van der Waals surface area contributed by atoms with E-state index in [1.165, 1.54) is 12.1 Å². The lowest BCUT2D eigenvalue weighted by atomic mass is 10.0. The Bertz CT molecular complexity index is 612.